The SMILES string of the molecule is CCCCCCCCCCCCCCCCCCC[PH](CCCC)(CCCCCCCCCCCCCCCCCCC)CCCCCCCCCCCCCCCCCCC. The summed E-state index contributed by atoms with van der Waals surface area (Å²) in [6, 6.07) is 0. The van der Waals surface area contributed by atoms with Crippen LogP contribution in [0.25, 0.3) is 0 Å². The first-order valence-electron chi connectivity index (χ1n) is 30.7. The third kappa shape index (κ3) is 49.9. The molecule has 0 spiro atoms. The normalized spacial score (nSPS) is 12.3. The average molecular weight is 892 g/mol. The molecule has 0 aliphatic rings. The molecule has 0 bridgehead atoms. The smallest absolute Gasteiger partial charge is 0.0654 e. The summed E-state index contributed by atoms with van der Waals surface area (Å²) >= 11 is 0. The topological polar surface area (TPSA) is 0 Å². The van der Waals surface area contributed by atoms with Gasteiger partial charge in [0.25, 0.3) is 0 Å². The molecule has 0 nitrogen and oxygen atoms in total. The third-order valence-electron chi connectivity index (χ3n) is 15.5. The van der Waals surface area contributed by atoms with Crippen molar-refractivity contribution in [1.82, 2.24) is 0 Å². The quantitative estimate of drug-likeness (QED) is 0.0422. The molecule has 0 aliphatic heterocycles. The fourth-order valence-corrected chi connectivity index (χ4v) is 16.6. The monoisotopic (exact) mass is 891 g/mol. The number of hydrogen-bond acceptors (Lipinski definition) is 0. The molecule has 62 heavy (non-hydrogen) atoms. The van der Waals surface area contributed by atoms with E-state index in [1.807, 2.05) is 0 Å². The Balaban J connectivity index is 4.39. The Labute approximate surface area is 398 Å². The van der Waals surface area contributed by atoms with Gasteiger partial charge < -0.3 is 0 Å². The fourth-order valence-electron chi connectivity index (χ4n) is 11.0. The number of rotatable bonds is 57. The van der Waals surface area contributed by atoms with E-state index < -0.39 is 7.26 Å². The first-order chi connectivity index (χ1) is 30.7. The van der Waals surface area contributed by atoms with Gasteiger partial charge in [-0.25, -0.2) is 0 Å². The molecule has 0 fully saturated rings. The van der Waals surface area contributed by atoms with Crippen molar-refractivity contribution in [2.24, 2.45) is 0 Å². The van der Waals surface area contributed by atoms with E-state index in [9.17, 15) is 0 Å². The zero-order valence-corrected chi connectivity index (χ0v) is 45.8. The standard InChI is InChI=1S/C61H127P/c1-5-9-13-16-19-22-25-28-31-34-37-40-43-46-49-52-55-59-62(58-12-8-4,60-56-53-50-47-44-41-38-35-32-29-26-23-20-17-14-10-6-2)61-57-54-51-48-45-42-39-36-33-30-27-24-21-18-15-11-7-3/h62H,5-61H2,1-4H3. The van der Waals surface area contributed by atoms with E-state index in [0.29, 0.717) is 0 Å². The van der Waals surface area contributed by atoms with Crippen LogP contribution in [-0.2, 0) is 0 Å². The third-order valence-corrected chi connectivity index (χ3v) is 21.1. The van der Waals surface area contributed by atoms with Crippen molar-refractivity contribution in [2.75, 3.05) is 24.6 Å². The van der Waals surface area contributed by atoms with Gasteiger partial charge in [0.15, 0.2) is 0 Å². The summed E-state index contributed by atoms with van der Waals surface area (Å²) in [5.41, 5.74) is 0. The Hall–Kier alpha value is 0.430. The molecular weight excluding hydrogens is 764 g/mol. The van der Waals surface area contributed by atoms with E-state index >= 15 is 0 Å². The van der Waals surface area contributed by atoms with E-state index in [0.717, 1.165) is 0 Å². The van der Waals surface area contributed by atoms with Crippen LogP contribution in [0, 0.1) is 0 Å². The van der Waals surface area contributed by atoms with Gasteiger partial charge in [0.1, 0.15) is 0 Å². The van der Waals surface area contributed by atoms with Gasteiger partial charge in [-0.3, -0.25) is 0 Å². The van der Waals surface area contributed by atoms with Crippen LogP contribution in [0.4, 0.5) is 0 Å². The average Bonchev–Trinajstić information content (AvgIpc) is 3.28. The minimum atomic E-state index is -1.14. The van der Waals surface area contributed by atoms with Gasteiger partial charge >= 0.3 is 264 Å². The van der Waals surface area contributed by atoms with Crippen LogP contribution in [0.15, 0.2) is 0 Å². The van der Waals surface area contributed by atoms with Crippen LogP contribution in [0.3, 0.4) is 0 Å². The van der Waals surface area contributed by atoms with Crippen molar-refractivity contribution in [3.8, 4) is 0 Å². The molecule has 0 rings (SSSR count). The molecule has 0 aromatic heterocycles. The van der Waals surface area contributed by atoms with Gasteiger partial charge in [0.05, 0.1) is 0 Å². The Kier molecular flexibility index (Phi) is 56.1. The van der Waals surface area contributed by atoms with E-state index in [1.54, 1.807) is 43.9 Å². The van der Waals surface area contributed by atoms with E-state index in [4.69, 9.17) is 0 Å². The molecule has 0 atom stereocenters. The first kappa shape index (κ1) is 62.4. The molecule has 0 amide bonds. The maximum absolute atomic E-state index is 2.47. The van der Waals surface area contributed by atoms with Gasteiger partial charge in [0, 0.05) is 0 Å². The minimum absolute atomic E-state index is 1.14. The Bertz CT molecular complexity index is 665. The van der Waals surface area contributed by atoms with E-state index in [-0.39, 0.29) is 0 Å². The van der Waals surface area contributed by atoms with Crippen LogP contribution in [0.5, 0.6) is 0 Å². The maximum atomic E-state index is 2.47. The van der Waals surface area contributed by atoms with Gasteiger partial charge in [-0.05, 0) is 0 Å². The summed E-state index contributed by atoms with van der Waals surface area (Å²) < 4.78 is 0. The number of unbranched alkanes of at least 4 members (excludes halogenated alkanes) is 49. The zero-order valence-electron chi connectivity index (χ0n) is 44.8. The molecule has 0 heterocycles. The number of hydrogen-bond donors (Lipinski definition) is 0. The predicted molar refractivity (Wildman–Crippen MR) is 295 cm³/mol. The van der Waals surface area contributed by atoms with Crippen LogP contribution in [0.2, 0.25) is 0 Å². The Morgan fingerprint density at radius 2 is 0.242 bits per heavy atom. The molecule has 0 N–H and O–H groups in total. The van der Waals surface area contributed by atoms with Gasteiger partial charge in [0.2, 0.25) is 0 Å². The summed E-state index contributed by atoms with van der Waals surface area (Å²) in [4.78, 5) is 0. The second kappa shape index (κ2) is 55.8. The van der Waals surface area contributed by atoms with Gasteiger partial charge in [-0.2, -0.15) is 0 Å². The molecule has 0 aromatic rings. The van der Waals surface area contributed by atoms with Crippen LogP contribution in [-0.4, -0.2) is 24.6 Å². The Morgan fingerprint density at radius 3 is 0.387 bits per heavy atom. The van der Waals surface area contributed by atoms with Crippen LogP contribution >= 0.6 is 7.26 Å². The molecular formula is C61H127P. The van der Waals surface area contributed by atoms with E-state index in [1.165, 1.54) is 321 Å². The summed E-state index contributed by atoms with van der Waals surface area (Å²) in [6.45, 7) is 9.45. The Morgan fingerprint density at radius 1 is 0.129 bits per heavy atom. The van der Waals surface area contributed by atoms with Crippen LogP contribution < -0.4 is 0 Å². The minimum Gasteiger partial charge on any atom is -0.0654 e. The summed E-state index contributed by atoms with van der Waals surface area (Å²) in [6.07, 6.45) is 85.9. The van der Waals surface area contributed by atoms with Gasteiger partial charge in [-0.15, -0.1) is 0 Å². The molecule has 0 radical (unpaired) electrons. The summed E-state index contributed by atoms with van der Waals surface area (Å²) in [7, 11) is -1.14. The van der Waals surface area contributed by atoms with Crippen molar-refractivity contribution in [3.63, 3.8) is 0 Å². The van der Waals surface area contributed by atoms with Crippen molar-refractivity contribution >= 4 is 7.26 Å². The molecule has 0 saturated heterocycles. The molecule has 376 valence electrons. The van der Waals surface area contributed by atoms with Crippen LogP contribution in [0.1, 0.15) is 368 Å². The second-order valence-electron chi connectivity index (χ2n) is 21.8. The molecule has 0 aliphatic carbocycles. The fraction of sp³-hybridized carbons (Fsp3) is 1.00. The second-order valence-corrected chi connectivity index (χ2v) is 26.8. The van der Waals surface area contributed by atoms with Crippen molar-refractivity contribution < 1.29 is 0 Å². The first-order valence-corrected chi connectivity index (χ1v) is 33.6. The van der Waals surface area contributed by atoms with E-state index in [2.05, 4.69) is 27.7 Å². The van der Waals surface area contributed by atoms with Crippen molar-refractivity contribution in [3.05, 3.63) is 0 Å². The molecule has 0 unspecified atom stereocenters. The summed E-state index contributed by atoms with van der Waals surface area (Å²) in [5.74, 6) is 0. The van der Waals surface area contributed by atoms with Gasteiger partial charge in [-0.1, -0.05) is 136 Å². The summed E-state index contributed by atoms with van der Waals surface area (Å²) in [5, 5.41) is 0. The predicted octanol–water partition coefficient (Wildman–Crippen LogP) is 23.5. The van der Waals surface area contributed by atoms with Crippen molar-refractivity contribution in [1.29, 1.82) is 0 Å². The molecule has 1 heteroatoms. The molecule has 0 aromatic carbocycles. The molecule has 0 saturated carbocycles. The zero-order chi connectivity index (χ0) is 44.8. The van der Waals surface area contributed by atoms with Crippen molar-refractivity contribution in [2.45, 2.75) is 368 Å².